The maximum Gasteiger partial charge on any atom is 0.338 e. The van der Waals surface area contributed by atoms with E-state index in [0.717, 1.165) is 17.5 Å². The van der Waals surface area contributed by atoms with Gasteiger partial charge in [0.25, 0.3) is 5.91 Å². The van der Waals surface area contributed by atoms with E-state index in [-0.39, 0.29) is 10.5 Å². The molecule has 2 aromatic carbocycles. The molecule has 0 saturated heterocycles. The first-order valence-electron chi connectivity index (χ1n) is 8.25. The predicted octanol–water partition coefficient (Wildman–Crippen LogP) is 1.88. The van der Waals surface area contributed by atoms with E-state index < -0.39 is 28.3 Å². The van der Waals surface area contributed by atoms with E-state index in [1.165, 1.54) is 29.3 Å². The van der Waals surface area contributed by atoms with Crippen LogP contribution in [0.2, 0.25) is 0 Å². The molecule has 0 fully saturated rings. The quantitative estimate of drug-likeness (QED) is 0.732. The van der Waals surface area contributed by atoms with E-state index in [0.29, 0.717) is 13.0 Å². The molecule has 7 nitrogen and oxygen atoms in total. The molecule has 140 valence electrons. The van der Waals surface area contributed by atoms with Crippen molar-refractivity contribution in [2.75, 3.05) is 19.4 Å². The van der Waals surface area contributed by atoms with Crippen LogP contribution in [0.15, 0.2) is 64.6 Å². The number of rotatable bonds is 5. The third kappa shape index (κ3) is 4.59. The molecule has 1 heterocycles. The maximum atomic E-state index is 12.2. The zero-order valence-corrected chi connectivity index (χ0v) is 15.5. The average Bonchev–Trinajstić information content (AvgIpc) is 3.16. The van der Waals surface area contributed by atoms with E-state index >= 15 is 0 Å². The Morgan fingerprint density at radius 3 is 2.37 bits per heavy atom. The minimum Gasteiger partial charge on any atom is -0.452 e. The van der Waals surface area contributed by atoms with E-state index in [9.17, 15) is 18.0 Å². The van der Waals surface area contributed by atoms with Crippen LogP contribution in [-0.2, 0) is 19.4 Å². The van der Waals surface area contributed by atoms with Gasteiger partial charge in [0.1, 0.15) is 0 Å². The molecular weight excluding hydrogens is 368 g/mol. The van der Waals surface area contributed by atoms with Gasteiger partial charge >= 0.3 is 5.97 Å². The fourth-order valence-corrected chi connectivity index (χ4v) is 3.22. The minimum atomic E-state index is -3.34. The van der Waals surface area contributed by atoms with Crippen molar-refractivity contribution in [2.45, 2.75) is 11.3 Å². The van der Waals surface area contributed by atoms with Crippen molar-refractivity contribution in [1.29, 1.82) is 0 Å². The van der Waals surface area contributed by atoms with Gasteiger partial charge in [-0.25, -0.2) is 18.2 Å². The second kappa shape index (κ2) is 7.71. The molecule has 2 aromatic rings. The van der Waals surface area contributed by atoms with Gasteiger partial charge in [0.05, 0.1) is 22.7 Å². The minimum absolute atomic E-state index is 0.106. The van der Waals surface area contributed by atoms with Crippen molar-refractivity contribution in [3.05, 3.63) is 65.7 Å². The van der Waals surface area contributed by atoms with Gasteiger partial charge in [0.2, 0.25) is 0 Å². The van der Waals surface area contributed by atoms with Gasteiger partial charge in [-0.05, 0) is 29.8 Å². The summed E-state index contributed by atoms with van der Waals surface area (Å²) >= 11 is 0. The summed E-state index contributed by atoms with van der Waals surface area (Å²) in [6.45, 7) is 0.00188. The van der Waals surface area contributed by atoms with E-state index in [4.69, 9.17) is 4.74 Å². The zero-order chi connectivity index (χ0) is 19.4. The van der Waals surface area contributed by atoms with Crippen molar-refractivity contribution in [2.24, 2.45) is 5.10 Å². The summed E-state index contributed by atoms with van der Waals surface area (Å²) in [7, 11) is -3.34. The topological polar surface area (TPSA) is 93.1 Å². The summed E-state index contributed by atoms with van der Waals surface area (Å²) in [5.74, 6) is -1.11. The number of hydrogen-bond donors (Lipinski definition) is 0. The summed E-state index contributed by atoms with van der Waals surface area (Å²) in [6.07, 6.45) is 1.72. The van der Waals surface area contributed by atoms with Gasteiger partial charge in [-0.15, -0.1) is 0 Å². The lowest BCUT2D eigenvalue weighted by molar-refractivity contribution is -0.134. The predicted molar refractivity (Wildman–Crippen MR) is 99.1 cm³/mol. The SMILES string of the molecule is CS(=O)(=O)c1ccc(C(=O)OCC(=O)N2CCC(c3ccccc3)=N2)cc1. The lowest BCUT2D eigenvalue weighted by Crippen LogP contribution is -2.28. The normalized spacial score (nSPS) is 14.0. The number of amides is 1. The molecular formula is C19H18N2O5S. The van der Waals surface area contributed by atoms with Gasteiger partial charge in [-0.2, -0.15) is 5.10 Å². The molecule has 0 N–H and O–H groups in total. The molecule has 0 spiro atoms. The largest absolute Gasteiger partial charge is 0.452 e. The first-order valence-corrected chi connectivity index (χ1v) is 10.1. The van der Waals surface area contributed by atoms with Crippen molar-refractivity contribution in [3.63, 3.8) is 0 Å². The van der Waals surface area contributed by atoms with Gasteiger partial charge in [-0.1, -0.05) is 30.3 Å². The molecule has 1 amide bonds. The summed E-state index contributed by atoms with van der Waals surface area (Å²) in [5, 5.41) is 5.58. The fraction of sp³-hybridized carbons (Fsp3) is 0.211. The Bertz CT molecular complexity index is 983. The number of hydrogen-bond acceptors (Lipinski definition) is 6. The maximum absolute atomic E-state index is 12.2. The number of benzene rings is 2. The average molecular weight is 386 g/mol. The number of esters is 1. The highest BCUT2D eigenvalue weighted by Gasteiger charge is 2.22. The Hall–Kier alpha value is -3.00. The van der Waals surface area contributed by atoms with Gasteiger partial charge in [0.15, 0.2) is 16.4 Å². The van der Waals surface area contributed by atoms with Crippen LogP contribution in [0, 0.1) is 0 Å². The summed E-state index contributed by atoms with van der Waals surface area (Å²) < 4.78 is 27.9. The van der Waals surface area contributed by atoms with Crippen LogP contribution in [0.1, 0.15) is 22.3 Å². The highest BCUT2D eigenvalue weighted by Crippen LogP contribution is 2.14. The second-order valence-corrected chi connectivity index (χ2v) is 8.07. The smallest absolute Gasteiger partial charge is 0.338 e. The molecule has 0 unspecified atom stereocenters. The van der Waals surface area contributed by atoms with Crippen LogP contribution in [-0.4, -0.2) is 50.4 Å². The van der Waals surface area contributed by atoms with Crippen LogP contribution in [0.25, 0.3) is 0 Å². The summed E-state index contributed by atoms with van der Waals surface area (Å²) in [5.41, 5.74) is 1.94. The summed E-state index contributed by atoms with van der Waals surface area (Å²) in [6, 6.07) is 14.9. The number of hydrazone groups is 1. The van der Waals surface area contributed by atoms with Crippen LogP contribution in [0.3, 0.4) is 0 Å². The second-order valence-electron chi connectivity index (χ2n) is 6.05. The standard InChI is InChI=1S/C19H18N2O5S/c1-27(24,25)16-9-7-15(8-10-16)19(23)26-13-18(22)21-12-11-17(20-21)14-5-3-2-4-6-14/h2-10H,11-13H2,1H3. The number of nitrogens with zero attached hydrogens (tertiary/aromatic N) is 2. The number of ether oxygens (including phenoxy) is 1. The third-order valence-electron chi connectivity index (χ3n) is 4.04. The van der Waals surface area contributed by atoms with E-state index in [2.05, 4.69) is 5.10 Å². The Morgan fingerprint density at radius 2 is 1.74 bits per heavy atom. The number of sulfone groups is 1. The van der Waals surface area contributed by atoms with Crippen molar-refractivity contribution >= 4 is 27.4 Å². The van der Waals surface area contributed by atoms with Crippen molar-refractivity contribution in [1.82, 2.24) is 5.01 Å². The number of carbonyl (C=O) groups excluding carboxylic acids is 2. The molecule has 27 heavy (non-hydrogen) atoms. The molecule has 8 heteroatoms. The van der Waals surface area contributed by atoms with Crippen LogP contribution < -0.4 is 0 Å². The lowest BCUT2D eigenvalue weighted by Gasteiger charge is -2.11. The van der Waals surface area contributed by atoms with Gasteiger partial charge in [0, 0.05) is 12.7 Å². The van der Waals surface area contributed by atoms with E-state index in [1.54, 1.807) is 0 Å². The van der Waals surface area contributed by atoms with Gasteiger partial charge in [-0.3, -0.25) is 4.79 Å². The fourth-order valence-electron chi connectivity index (χ4n) is 2.59. The van der Waals surface area contributed by atoms with Crippen molar-refractivity contribution in [3.8, 4) is 0 Å². The zero-order valence-electron chi connectivity index (χ0n) is 14.7. The third-order valence-corrected chi connectivity index (χ3v) is 5.17. The molecule has 0 saturated carbocycles. The first kappa shape index (κ1) is 18.8. The Morgan fingerprint density at radius 1 is 1.07 bits per heavy atom. The van der Waals surface area contributed by atoms with Crippen LogP contribution in [0.5, 0.6) is 0 Å². The molecule has 0 aromatic heterocycles. The van der Waals surface area contributed by atoms with Crippen LogP contribution >= 0.6 is 0 Å². The Labute approximate surface area is 157 Å². The molecule has 1 aliphatic heterocycles. The monoisotopic (exact) mass is 386 g/mol. The van der Waals surface area contributed by atoms with Crippen LogP contribution in [0.4, 0.5) is 0 Å². The highest BCUT2D eigenvalue weighted by atomic mass is 32.2. The highest BCUT2D eigenvalue weighted by molar-refractivity contribution is 7.90. The molecule has 0 atom stereocenters. The lowest BCUT2D eigenvalue weighted by atomic mass is 10.1. The molecule has 0 bridgehead atoms. The van der Waals surface area contributed by atoms with E-state index in [1.807, 2.05) is 30.3 Å². The molecule has 0 aliphatic carbocycles. The van der Waals surface area contributed by atoms with Gasteiger partial charge < -0.3 is 4.74 Å². The summed E-state index contributed by atoms with van der Waals surface area (Å²) in [4.78, 5) is 24.3. The van der Waals surface area contributed by atoms with Crippen molar-refractivity contribution < 1.29 is 22.7 Å². The Kier molecular flexibility index (Phi) is 5.36. The molecule has 3 rings (SSSR count). The number of carbonyl (C=O) groups is 2. The molecule has 0 radical (unpaired) electrons. The molecule has 1 aliphatic rings. The Balaban J connectivity index is 1.58. The first-order chi connectivity index (χ1) is 12.8.